The van der Waals surface area contributed by atoms with Crippen molar-refractivity contribution in [2.24, 2.45) is 11.5 Å². The van der Waals surface area contributed by atoms with Crippen LogP contribution in [-0.2, 0) is 28.8 Å². The number of thioether (sulfide) groups is 2. The third kappa shape index (κ3) is 3.30. The van der Waals surface area contributed by atoms with E-state index in [-0.39, 0.29) is 44.8 Å². The fourth-order valence-corrected chi connectivity index (χ4v) is 5.74. The molecule has 0 aromatic rings. The Balaban J connectivity index is 0.000000171. The number of carbonyl (C=O) groups is 6. The van der Waals surface area contributed by atoms with Gasteiger partial charge >= 0.3 is 11.9 Å². The molecule has 2 saturated heterocycles. The molecule has 0 saturated carbocycles. The van der Waals surface area contributed by atoms with E-state index >= 15 is 0 Å². The first-order valence-electron chi connectivity index (χ1n) is 8.39. The minimum Gasteiger partial charge on any atom is -0.477 e. The van der Waals surface area contributed by atoms with E-state index in [0.717, 1.165) is 9.80 Å². The largest absolute Gasteiger partial charge is 0.477 e. The van der Waals surface area contributed by atoms with Crippen LogP contribution in [0.4, 0.5) is 0 Å². The van der Waals surface area contributed by atoms with Gasteiger partial charge in [-0.15, -0.1) is 23.5 Å². The number of rotatable bonds is 4. The zero-order valence-corrected chi connectivity index (χ0v) is 16.7. The number of hydrogen-bond donors (Lipinski definition) is 4. The van der Waals surface area contributed by atoms with Crippen molar-refractivity contribution in [2.75, 3.05) is 11.5 Å². The van der Waals surface area contributed by atoms with Crippen molar-refractivity contribution in [2.45, 2.75) is 22.8 Å². The molecule has 2 fully saturated rings. The summed E-state index contributed by atoms with van der Waals surface area (Å²) >= 11 is 2.61. The molecule has 4 rings (SSSR count). The van der Waals surface area contributed by atoms with Crippen LogP contribution in [0.2, 0.25) is 0 Å². The Morgan fingerprint density at radius 3 is 1.43 bits per heavy atom. The molecular weight excluding hydrogens is 440 g/mol. The van der Waals surface area contributed by atoms with Gasteiger partial charge in [-0.3, -0.25) is 29.0 Å². The van der Waals surface area contributed by atoms with Gasteiger partial charge in [-0.25, -0.2) is 9.59 Å². The molecule has 0 aromatic carbocycles. The maximum atomic E-state index is 11.3. The first-order valence-corrected chi connectivity index (χ1v) is 10.5. The summed E-state index contributed by atoms with van der Waals surface area (Å²) in [7, 11) is 0. The molecule has 0 radical (unpaired) electrons. The highest BCUT2D eigenvalue weighted by Crippen LogP contribution is 2.39. The molecule has 6 N–H and O–H groups in total. The molecule has 0 aliphatic carbocycles. The molecule has 14 heteroatoms. The highest BCUT2D eigenvalue weighted by atomic mass is 32.2. The molecule has 30 heavy (non-hydrogen) atoms. The summed E-state index contributed by atoms with van der Waals surface area (Å²) in [5.41, 5.74) is 10.8. The van der Waals surface area contributed by atoms with E-state index in [2.05, 4.69) is 0 Å². The Labute approximate surface area is 177 Å². The van der Waals surface area contributed by atoms with E-state index in [4.69, 9.17) is 21.7 Å². The molecule has 160 valence electrons. The number of carboxylic acid groups (broad SMARTS) is 2. The SMILES string of the molecule is NC1C(=O)N2C(C(=O)O)=C(C=O)CS[C@H]12.N[C@@H]1C(=O)N2C(C(=O)O)=C(C=O)CS[C@H]12. The van der Waals surface area contributed by atoms with E-state index in [1.54, 1.807) is 0 Å². The maximum Gasteiger partial charge on any atom is 0.353 e. The molecule has 4 aliphatic rings. The first kappa shape index (κ1) is 22.0. The second kappa shape index (κ2) is 8.22. The molecule has 1 unspecified atom stereocenters. The Morgan fingerprint density at radius 1 is 0.833 bits per heavy atom. The molecule has 0 aromatic heterocycles. The van der Waals surface area contributed by atoms with Gasteiger partial charge in [-0.2, -0.15) is 0 Å². The third-order valence-electron chi connectivity index (χ3n) is 4.77. The van der Waals surface area contributed by atoms with Crippen LogP contribution in [-0.4, -0.2) is 90.7 Å². The van der Waals surface area contributed by atoms with Gasteiger partial charge in [0.15, 0.2) is 0 Å². The second-order valence-electron chi connectivity index (χ2n) is 6.46. The molecule has 4 heterocycles. The lowest BCUT2D eigenvalue weighted by molar-refractivity contribution is -0.148. The Morgan fingerprint density at radius 2 is 1.17 bits per heavy atom. The van der Waals surface area contributed by atoms with Crippen LogP contribution in [0.1, 0.15) is 0 Å². The van der Waals surface area contributed by atoms with Crippen molar-refractivity contribution in [1.82, 2.24) is 9.80 Å². The van der Waals surface area contributed by atoms with Crippen LogP contribution in [0.5, 0.6) is 0 Å². The van der Waals surface area contributed by atoms with E-state index < -0.39 is 35.8 Å². The number of carbonyl (C=O) groups excluding carboxylic acids is 4. The van der Waals surface area contributed by atoms with Gasteiger partial charge in [0.25, 0.3) is 0 Å². The van der Waals surface area contributed by atoms with E-state index in [1.807, 2.05) is 0 Å². The first-order chi connectivity index (χ1) is 14.1. The quantitative estimate of drug-likeness (QED) is 0.257. The topological polar surface area (TPSA) is 201 Å². The summed E-state index contributed by atoms with van der Waals surface area (Å²) in [5.74, 6) is -2.83. The van der Waals surface area contributed by atoms with Crippen molar-refractivity contribution in [1.29, 1.82) is 0 Å². The maximum absolute atomic E-state index is 11.3. The number of β-lactam (4-membered cyclic amide) rings is 2. The standard InChI is InChI=1S/2C8H8N2O4S/c2*9-4-6(12)10-5(8(13)14)3(1-11)2-15-7(4)10/h2*1,4,7H,2,9H2,(H,13,14)/t4?,7-;4-,7-/m11/s1. The average Bonchev–Trinajstić information content (AvgIpc) is 2.75. The molecule has 4 aliphatic heterocycles. The van der Waals surface area contributed by atoms with Gasteiger partial charge in [0.2, 0.25) is 11.8 Å². The Kier molecular flexibility index (Phi) is 6.03. The van der Waals surface area contributed by atoms with Crippen LogP contribution in [0.25, 0.3) is 0 Å². The lowest BCUT2D eigenvalue weighted by Gasteiger charge is -2.47. The van der Waals surface area contributed by atoms with Crippen molar-refractivity contribution in [3.05, 3.63) is 22.5 Å². The third-order valence-corrected chi connectivity index (χ3v) is 7.41. The second-order valence-corrected chi connectivity index (χ2v) is 8.67. The summed E-state index contributed by atoms with van der Waals surface area (Å²) in [6, 6.07) is -1.31. The highest BCUT2D eigenvalue weighted by Gasteiger charge is 2.52. The van der Waals surface area contributed by atoms with Crippen molar-refractivity contribution in [3.63, 3.8) is 0 Å². The van der Waals surface area contributed by atoms with E-state index in [1.165, 1.54) is 23.5 Å². The lowest BCUT2D eigenvalue weighted by atomic mass is 10.0. The van der Waals surface area contributed by atoms with Gasteiger partial charge < -0.3 is 21.7 Å². The van der Waals surface area contributed by atoms with Gasteiger partial charge in [0.1, 0.15) is 46.8 Å². The molecule has 0 bridgehead atoms. The highest BCUT2D eigenvalue weighted by molar-refractivity contribution is 8.00. The van der Waals surface area contributed by atoms with E-state index in [0.29, 0.717) is 12.6 Å². The molecular formula is C16H16N4O8S2. The number of nitrogens with zero attached hydrogens (tertiary/aromatic N) is 2. The average molecular weight is 456 g/mol. The van der Waals surface area contributed by atoms with Crippen LogP contribution >= 0.6 is 23.5 Å². The number of hydrogen-bond acceptors (Lipinski definition) is 10. The lowest BCUT2D eigenvalue weighted by Crippen LogP contribution is -2.68. The molecule has 4 atom stereocenters. The van der Waals surface area contributed by atoms with Gasteiger partial charge in [-0.1, -0.05) is 0 Å². The number of amides is 2. The zero-order valence-electron chi connectivity index (χ0n) is 15.1. The zero-order chi connectivity index (χ0) is 22.3. The predicted octanol–water partition coefficient (Wildman–Crippen LogP) is -2.47. The Bertz CT molecular complexity index is 858. The van der Waals surface area contributed by atoms with Gasteiger partial charge in [-0.05, 0) is 0 Å². The van der Waals surface area contributed by atoms with Gasteiger partial charge in [0.05, 0.1) is 0 Å². The van der Waals surface area contributed by atoms with Crippen LogP contribution in [0, 0.1) is 0 Å². The van der Waals surface area contributed by atoms with Crippen molar-refractivity contribution >= 4 is 59.8 Å². The van der Waals surface area contributed by atoms with Crippen LogP contribution in [0.3, 0.4) is 0 Å². The minimum atomic E-state index is -1.26. The van der Waals surface area contributed by atoms with Crippen molar-refractivity contribution in [3.8, 4) is 0 Å². The summed E-state index contributed by atoms with van der Waals surface area (Å²) < 4.78 is 0. The van der Waals surface area contributed by atoms with Crippen molar-refractivity contribution < 1.29 is 39.0 Å². The fourth-order valence-electron chi connectivity index (χ4n) is 3.26. The van der Waals surface area contributed by atoms with E-state index in [9.17, 15) is 28.8 Å². The van der Waals surface area contributed by atoms with Crippen LogP contribution in [0.15, 0.2) is 22.5 Å². The normalized spacial score (nSPS) is 29.7. The summed E-state index contributed by atoms with van der Waals surface area (Å²) in [4.78, 5) is 68.0. The smallest absolute Gasteiger partial charge is 0.353 e. The number of aliphatic carboxylic acids is 2. The summed E-state index contributed by atoms with van der Waals surface area (Å²) in [6.45, 7) is 0. The molecule has 2 amide bonds. The summed E-state index contributed by atoms with van der Waals surface area (Å²) in [6.07, 6.45) is 0.952. The Hall–Kier alpha value is -2.68. The number of fused-ring (bicyclic) bond motifs is 2. The minimum absolute atomic E-state index is 0.129. The van der Waals surface area contributed by atoms with Gasteiger partial charge in [0, 0.05) is 22.7 Å². The number of carboxylic acids is 2. The fraction of sp³-hybridized carbons (Fsp3) is 0.375. The monoisotopic (exact) mass is 456 g/mol. The van der Waals surface area contributed by atoms with Crippen LogP contribution < -0.4 is 11.5 Å². The molecule has 0 spiro atoms. The number of nitrogens with two attached hydrogens (primary N) is 2. The summed E-state index contributed by atoms with van der Waals surface area (Å²) in [5, 5.41) is 17.1. The predicted molar refractivity (Wildman–Crippen MR) is 104 cm³/mol. The molecule has 12 nitrogen and oxygen atoms in total. The number of aldehydes is 2.